The smallest absolute Gasteiger partial charge is 0.126 e. The summed E-state index contributed by atoms with van der Waals surface area (Å²) in [4.78, 5) is 0. The van der Waals surface area contributed by atoms with Crippen LogP contribution in [0.4, 0.5) is 4.39 Å². The first-order valence-corrected chi connectivity index (χ1v) is 8.07. The van der Waals surface area contributed by atoms with Gasteiger partial charge in [-0.1, -0.05) is 39.7 Å². The zero-order chi connectivity index (χ0) is 14.7. The van der Waals surface area contributed by atoms with Gasteiger partial charge in [-0.25, -0.2) is 4.39 Å². The molecule has 0 nitrogen and oxygen atoms in total. The summed E-state index contributed by atoms with van der Waals surface area (Å²) in [6.45, 7) is 6.09. The summed E-state index contributed by atoms with van der Waals surface area (Å²) in [5.74, 6) is -0.139. The van der Waals surface area contributed by atoms with Crippen LogP contribution in [0.15, 0.2) is 30.3 Å². The van der Waals surface area contributed by atoms with Crippen LogP contribution in [0.25, 0.3) is 11.1 Å². The van der Waals surface area contributed by atoms with Crippen molar-refractivity contribution in [2.75, 3.05) is 5.33 Å². The van der Waals surface area contributed by atoms with Crippen molar-refractivity contribution < 1.29 is 4.39 Å². The number of hydrogen-bond donors (Lipinski definition) is 0. The molecule has 0 unspecified atom stereocenters. The van der Waals surface area contributed by atoms with Gasteiger partial charge in [-0.3, -0.25) is 0 Å². The van der Waals surface area contributed by atoms with Crippen LogP contribution in [-0.4, -0.2) is 5.33 Å². The van der Waals surface area contributed by atoms with Crippen LogP contribution < -0.4 is 0 Å². The molecular formula is C18H20BrF. The Morgan fingerprint density at radius 2 is 1.75 bits per heavy atom. The second-order valence-corrected chi connectivity index (χ2v) is 6.16. The van der Waals surface area contributed by atoms with Crippen molar-refractivity contribution in [3.63, 3.8) is 0 Å². The van der Waals surface area contributed by atoms with E-state index >= 15 is 0 Å². The number of aryl methyl sites for hydroxylation is 3. The van der Waals surface area contributed by atoms with Gasteiger partial charge in [0.1, 0.15) is 5.82 Å². The molecule has 106 valence electrons. The maximum absolute atomic E-state index is 13.5. The Kier molecular flexibility index (Phi) is 4.98. The van der Waals surface area contributed by atoms with Gasteiger partial charge in [-0.2, -0.15) is 0 Å². The number of rotatable bonds is 4. The molecule has 0 aliphatic rings. The van der Waals surface area contributed by atoms with Crippen molar-refractivity contribution >= 4 is 15.9 Å². The zero-order valence-corrected chi connectivity index (χ0v) is 13.8. The first kappa shape index (κ1) is 15.2. The lowest BCUT2D eigenvalue weighted by molar-refractivity contribution is 0.619. The summed E-state index contributed by atoms with van der Waals surface area (Å²) in [5, 5.41) is 1.00. The average molecular weight is 335 g/mol. The zero-order valence-electron chi connectivity index (χ0n) is 12.3. The molecule has 2 aromatic rings. The van der Waals surface area contributed by atoms with E-state index in [0.29, 0.717) is 5.56 Å². The highest BCUT2D eigenvalue weighted by Gasteiger charge is 2.10. The molecule has 20 heavy (non-hydrogen) atoms. The lowest BCUT2D eigenvalue weighted by Crippen LogP contribution is -1.97. The fraction of sp³-hybridized carbons (Fsp3) is 0.333. The van der Waals surface area contributed by atoms with Gasteiger partial charge in [0.2, 0.25) is 0 Å². The van der Waals surface area contributed by atoms with E-state index in [9.17, 15) is 4.39 Å². The maximum Gasteiger partial charge on any atom is 0.126 e. The van der Waals surface area contributed by atoms with Gasteiger partial charge in [0.05, 0.1) is 0 Å². The van der Waals surface area contributed by atoms with Gasteiger partial charge >= 0.3 is 0 Å². The van der Waals surface area contributed by atoms with E-state index < -0.39 is 0 Å². The first-order chi connectivity index (χ1) is 9.52. The Hall–Kier alpha value is -1.15. The molecule has 0 saturated heterocycles. The van der Waals surface area contributed by atoms with Gasteiger partial charge in [0, 0.05) is 5.33 Å². The summed E-state index contributed by atoms with van der Waals surface area (Å²) in [6, 6.07) is 9.83. The molecule has 0 fully saturated rings. The van der Waals surface area contributed by atoms with Crippen molar-refractivity contribution in [2.24, 2.45) is 0 Å². The number of benzene rings is 2. The standard InChI is InChI=1S/C18H20BrF/c1-12-9-13(2)16(5-4-8-19)17(10-12)15-6-7-18(20)14(3)11-15/h6-7,9-11H,4-5,8H2,1-3H3. The minimum atomic E-state index is -0.139. The Bertz CT molecular complexity index is 617. The van der Waals surface area contributed by atoms with Crippen LogP contribution in [-0.2, 0) is 6.42 Å². The first-order valence-electron chi connectivity index (χ1n) is 6.95. The maximum atomic E-state index is 13.5. The predicted octanol–water partition coefficient (Wildman–Crippen LogP) is 5.75. The summed E-state index contributed by atoms with van der Waals surface area (Å²) in [5.41, 5.74) is 7.01. The van der Waals surface area contributed by atoms with E-state index in [0.717, 1.165) is 23.7 Å². The second-order valence-electron chi connectivity index (χ2n) is 5.36. The molecule has 0 atom stereocenters. The SMILES string of the molecule is Cc1cc(C)c(CCCBr)c(-c2ccc(F)c(C)c2)c1. The number of halogens is 2. The molecule has 0 heterocycles. The normalized spacial score (nSPS) is 10.8. The van der Waals surface area contributed by atoms with Gasteiger partial charge in [0.15, 0.2) is 0 Å². The lowest BCUT2D eigenvalue weighted by Gasteiger charge is -2.15. The second kappa shape index (κ2) is 6.53. The molecule has 0 aromatic heterocycles. The van der Waals surface area contributed by atoms with Crippen LogP contribution in [0.2, 0.25) is 0 Å². The van der Waals surface area contributed by atoms with Gasteiger partial charge in [0.25, 0.3) is 0 Å². The quantitative estimate of drug-likeness (QED) is 0.625. The molecule has 2 heteroatoms. The number of hydrogen-bond acceptors (Lipinski definition) is 0. The summed E-state index contributed by atoms with van der Waals surface area (Å²) < 4.78 is 13.5. The van der Waals surface area contributed by atoms with E-state index in [1.165, 1.54) is 22.3 Å². The van der Waals surface area contributed by atoms with Crippen molar-refractivity contribution in [2.45, 2.75) is 33.6 Å². The fourth-order valence-electron chi connectivity index (χ4n) is 2.64. The third-order valence-electron chi connectivity index (χ3n) is 3.65. The topological polar surface area (TPSA) is 0 Å². The van der Waals surface area contributed by atoms with Crippen molar-refractivity contribution in [1.82, 2.24) is 0 Å². The molecule has 0 amide bonds. The Morgan fingerprint density at radius 1 is 1.00 bits per heavy atom. The van der Waals surface area contributed by atoms with E-state index in [1.807, 2.05) is 19.1 Å². The average Bonchev–Trinajstić information content (AvgIpc) is 2.40. The number of alkyl halides is 1. The molecular weight excluding hydrogens is 315 g/mol. The third-order valence-corrected chi connectivity index (χ3v) is 4.21. The Balaban J connectivity index is 2.55. The van der Waals surface area contributed by atoms with E-state index in [1.54, 1.807) is 6.07 Å². The minimum absolute atomic E-state index is 0.139. The van der Waals surface area contributed by atoms with E-state index in [2.05, 4.69) is 41.9 Å². The van der Waals surface area contributed by atoms with Crippen molar-refractivity contribution in [1.29, 1.82) is 0 Å². The van der Waals surface area contributed by atoms with Crippen LogP contribution >= 0.6 is 15.9 Å². The molecule has 0 spiro atoms. The molecule has 0 aliphatic carbocycles. The van der Waals surface area contributed by atoms with E-state index in [-0.39, 0.29) is 5.82 Å². The highest BCUT2D eigenvalue weighted by Crippen LogP contribution is 2.30. The van der Waals surface area contributed by atoms with Crippen molar-refractivity contribution in [3.05, 3.63) is 58.4 Å². The molecule has 0 bridgehead atoms. The Morgan fingerprint density at radius 3 is 2.40 bits per heavy atom. The van der Waals surface area contributed by atoms with Crippen LogP contribution in [0.3, 0.4) is 0 Å². The molecule has 2 rings (SSSR count). The van der Waals surface area contributed by atoms with Crippen LogP contribution in [0, 0.1) is 26.6 Å². The molecule has 2 aromatic carbocycles. The fourth-order valence-corrected chi connectivity index (χ4v) is 2.92. The summed E-state index contributed by atoms with van der Waals surface area (Å²) in [6.07, 6.45) is 2.15. The molecule has 0 N–H and O–H groups in total. The van der Waals surface area contributed by atoms with Gasteiger partial charge in [-0.15, -0.1) is 0 Å². The highest BCUT2D eigenvalue weighted by molar-refractivity contribution is 9.09. The molecule has 0 saturated carbocycles. The lowest BCUT2D eigenvalue weighted by atomic mass is 9.90. The third kappa shape index (κ3) is 3.29. The summed E-state index contributed by atoms with van der Waals surface area (Å²) in [7, 11) is 0. The van der Waals surface area contributed by atoms with Crippen LogP contribution in [0.1, 0.15) is 28.7 Å². The van der Waals surface area contributed by atoms with Crippen LogP contribution in [0.5, 0.6) is 0 Å². The van der Waals surface area contributed by atoms with Gasteiger partial charge in [-0.05, 0) is 73.6 Å². The largest absolute Gasteiger partial charge is 0.207 e. The van der Waals surface area contributed by atoms with Crippen molar-refractivity contribution in [3.8, 4) is 11.1 Å². The molecule has 0 aliphatic heterocycles. The molecule has 0 radical (unpaired) electrons. The Labute approximate surface area is 129 Å². The predicted molar refractivity (Wildman–Crippen MR) is 88.2 cm³/mol. The monoisotopic (exact) mass is 334 g/mol. The highest BCUT2D eigenvalue weighted by atomic mass is 79.9. The summed E-state index contributed by atoms with van der Waals surface area (Å²) >= 11 is 3.50. The minimum Gasteiger partial charge on any atom is -0.207 e. The van der Waals surface area contributed by atoms with Gasteiger partial charge < -0.3 is 0 Å². The van der Waals surface area contributed by atoms with E-state index in [4.69, 9.17) is 0 Å².